The van der Waals surface area contributed by atoms with Gasteiger partial charge in [0.15, 0.2) is 8.32 Å². The van der Waals surface area contributed by atoms with Crippen LogP contribution in [-0.2, 0) is 9.22 Å². The summed E-state index contributed by atoms with van der Waals surface area (Å²) in [5, 5.41) is 0.213. The standard InChI is InChI=1S/C13H27NO2Si/c1-12(2,3)17(6,7)16-10-13(8-9-13)11(15)14(4)5/h8-10H2,1-7H3. The first-order valence-corrected chi connectivity index (χ1v) is 9.28. The van der Waals surface area contributed by atoms with E-state index in [1.807, 2.05) is 14.1 Å². The summed E-state index contributed by atoms with van der Waals surface area (Å²) in [7, 11) is 1.93. The molecule has 0 heterocycles. The number of amides is 1. The second-order valence-corrected chi connectivity index (χ2v) is 11.8. The molecule has 0 radical (unpaired) electrons. The van der Waals surface area contributed by atoms with Gasteiger partial charge < -0.3 is 9.33 Å². The first-order chi connectivity index (χ1) is 7.52. The Labute approximate surface area is 107 Å². The van der Waals surface area contributed by atoms with E-state index in [2.05, 4.69) is 33.9 Å². The highest BCUT2D eigenvalue weighted by Crippen LogP contribution is 2.49. The van der Waals surface area contributed by atoms with Crippen LogP contribution in [0.15, 0.2) is 0 Å². The highest BCUT2D eigenvalue weighted by molar-refractivity contribution is 6.74. The van der Waals surface area contributed by atoms with Crippen molar-refractivity contribution in [2.45, 2.75) is 51.7 Å². The fourth-order valence-corrected chi connectivity index (χ4v) is 2.65. The minimum Gasteiger partial charge on any atom is -0.416 e. The maximum Gasteiger partial charge on any atom is 0.230 e. The van der Waals surface area contributed by atoms with E-state index in [1.54, 1.807) is 4.90 Å². The van der Waals surface area contributed by atoms with Crippen molar-refractivity contribution in [1.29, 1.82) is 0 Å². The molecule has 0 spiro atoms. The summed E-state index contributed by atoms with van der Waals surface area (Å²) in [4.78, 5) is 13.8. The molecule has 0 unspecified atom stereocenters. The van der Waals surface area contributed by atoms with Crippen LogP contribution in [-0.4, -0.2) is 39.8 Å². The topological polar surface area (TPSA) is 29.5 Å². The lowest BCUT2D eigenvalue weighted by Crippen LogP contribution is -2.44. The van der Waals surface area contributed by atoms with Crippen LogP contribution in [0.4, 0.5) is 0 Å². The fourth-order valence-electron chi connectivity index (χ4n) is 1.58. The predicted molar refractivity (Wildman–Crippen MR) is 73.5 cm³/mol. The Morgan fingerprint density at radius 3 is 2.06 bits per heavy atom. The third-order valence-corrected chi connectivity index (χ3v) is 8.71. The highest BCUT2D eigenvalue weighted by atomic mass is 28.4. The Balaban J connectivity index is 2.60. The van der Waals surface area contributed by atoms with Gasteiger partial charge in [-0.25, -0.2) is 0 Å². The molecule has 17 heavy (non-hydrogen) atoms. The molecule has 1 saturated carbocycles. The van der Waals surface area contributed by atoms with Gasteiger partial charge in [-0.2, -0.15) is 0 Å². The third kappa shape index (κ3) is 3.10. The Bertz CT molecular complexity index is 301. The van der Waals surface area contributed by atoms with Crippen molar-refractivity contribution >= 4 is 14.2 Å². The minimum atomic E-state index is -1.73. The van der Waals surface area contributed by atoms with Crippen molar-refractivity contribution in [3.05, 3.63) is 0 Å². The fraction of sp³-hybridized carbons (Fsp3) is 0.923. The quantitative estimate of drug-likeness (QED) is 0.725. The van der Waals surface area contributed by atoms with Crippen molar-refractivity contribution in [3.63, 3.8) is 0 Å². The second kappa shape index (κ2) is 4.39. The van der Waals surface area contributed by atoms with Gasteiger partial charge in [-0.15, -0.1) is 0 Å². The van der Waals surface area contributed by atoms with Gasteiger partial charge in [0.05, 0.1) is 5.41 Å². The molecule has 0 aliphatic heterocycles. The van der Waals surface area contributed by atoms with Gasteiger partial charge in [-0.1, -0.05) is 20.8 Å². The van der Waals surface area contributed by atoms with E-state index in [1.165, 1.54) is 0 Å². The van der Waals surface area contributed by atoms with Crippen molar-refractivity contribution in [1.82, 2.24) is 4.90 Å². The molecule has 1 aliphatic rings. The Kier molecular flexibility index (Phi) is 3.80. The average molecular weight is 257 g/mol. The van der Waals surface area contributed by atoms with Gasteiger partial charge in [0, 0.05) is 20.7 Å². The van der Waals surface area contributed by atoms with Crippen molar-refractivity contribution in [2.75, 3.05) is 20.7 Å². The predicted octanol–water partition coefficient (Wildman–Crippen LogP) is 2.88. The molecule has 0 aromatic heterocycles. The summed E-state index contributed by atoms with van der Waals surface area (Å²) >= 11 is 0. The van der Waals surface area contributed by atoms with Crippen LogP contribution in [0.5, 0.6) is 0 Å². The lowest BCUT2D eigenvalue weighted by Gasteiger charge is -2.37. The van der Waals surface area contributed by atoms with E-state index in [0.29, 0.717) is 6.61 Å². The van der Waals surface area contributed by atoms with Gasteiger partial charge >= 0.3 is 0 Å². The maximum absolute atomic E-state index is 12.1. The van der Waals surface area contributed by atoms with Crippen LogP contribution in [0.3, 0.4) is 0 Å². The largest absolute Gasteiger partial charge is 0.416 e. The van der Waals surface area contributed by atoms with Crippen LogP contribution >= 0.6 is 0 Å². The first kappa shape index (κ1) is 14.7. The zero-order valence-corrected chi connectivity index (χ0v) is 13.4. The molecule has 0 aromatic rings. The molecule has 0 aromatic carbocycles. The SMILES string of the molecule is CN(C)C(=O)C1(CO[Si](C)(C)C(C)(C)C)CC1. The van der Waals surface area contributed by atoms with Gasteiger partial charge in [-0.3, -0.25) is 4.79 Å². The lowest BCUT2D eigenvalue weighted by atomic mass is 10.1. The van der Waals surface area contributed by atoms with Gasteiger partial charge in [0.2, 0.25) is 5.91 Å². The zero-order valence-electron chi connectivity index (χ0n) is 12.4. The van der Waals surface area contributed by atoms with E-state index >= 15 is 0 Å². The number of carbonyl (C=O) groups is 1. The van der Waals surface area contributed by atoms with Crippen LogP contribution in [0, 0.1) is 5.41 Å². The molecule has 0 atom stereocenters. The number of hydrogen-bond donors (Lipinski definition) is 0. The molecule has 1 rings (SSSR count). The van der Waals surface area contributed by atoms with Crippen LogP contribution < -0.4 is 0 Å². The van der Waals surface area contributed by atoms with Gasteiger partial charge in [0.1, 0.15) is 0 Å². The Morgan fingerprint density at radius 2 is 1.76 bits per heavy atom. The average Bonchev–Trinajstić information content (AvgIpc) is 2.93. The highest BCUT2D eigenvalue weighted by Gasteiger charge is 2.52. The zero-order chi connectivity index (χ0) is 13.5. The maximum atomic E-state index is 12.1. The molecule has 1 fully saturated rings. The monoisotopic (exact) mass is 257 g/mol. The van der Waals surface area contributed by atoms with E-state index in [0.717, 1.165) is 12.8 Å². The van der Waals surface area contributed by atoms with E-state index in [-0.39, 0.29) is 16.4 Å². The summed E-state index contributed by atoms with van der Waals surface area (Å²) in [6, 6.07) is 0. The molecule has 3 nitrogen and oxygen atoms in total. The summed E-state index contributed by atoms with van der Waals surface area (Å²) in [6.07, 6.45) is 1.97. The Hall–Kier alpha value is -0.353. The van der Waals surface area contributed by atoms with E-state index in [4.69, 9.17) is 4.43 Å². The van der Waals surface area contributed by atoms with Gasteiger partial charge in [-0.05, 0) is 31.0 Å². The summed E-state index contributed by atoms with van der Waals surface area (Å²) < 4.78 is 6.18. The number of nitrogens with zero attached hydrogens (tertiary/aromatic N) is 1. The number of rotatable bonds is 4. The van der Waals surface area contributed by atoms with Gasteiger partial charge in [0.25, 0.3) is 0 Å². The molecular formula is C13H27NO2Si. The summed E-state index contributed by atoms with van der Waals surface area (Å²) in [5.74, 6) is 0.233. The van der Waals surface area contributed by atoms with Crippen molar-refractivity contribution in [3.8, 4) is 0 Å². The molecule has 1 amide bonds. The van der Waals surface area contributed by atoms with Crippen LogP contribution in [0.1, 0.15) is 33.6 Å². The molecule has 4 heteroatoms. The normalized spacial score (nSPS) is 19.0. The first-order valence-electron chi connectivity index (χ1n) is 6.38. The number of hydrogen-bond acceptors (Lipinski definition) is 2. The van der Waals surface area contributed by atoms with Crippen LogP contribution in [0.2, 0.25) is 18.1 Å². The lowest BCUT2D eigenvalue weighted by molar-refractivity contribution is -0.135. The third-order valence-electron chi connectivity index (χ3n) is 4.23. The van der Waals surface area contributed by atoms with Crippen molar-refractivity contribution in [2.24, 2.45) is 5.41 Å². The smallest absolute Gasteiger partial charge is 0.230 e. The summed E-state index contributed by atoms with van der Waals surface area (Å²) in [5.41, 5.74) is -0.195. The molecular weight excluding hydrogens is 230 g/mol. The number of carbonyl (C=O) groups excluding carboxylic acids is 1. The van der Waals surface area contributed by atoms with Crippen molar-refractivity contribution < 1.29 is 9.22 Å². The van der Waals surface area contributed by atoms with E-state index in [9.17, 15) is 4.79 Å². The minimum absolute atomic E-state index is 0.195. The van der Waals surface area contributed by atoms with E-state index < -0.39 is 8.32 Å². The van der Waals surface area contributed by atoms with Crippen LogP contribution in [0.25, 0.3) is 0 Å². The molecule has 0 bridgehead atoms. The molecule has 0 saturated heterocycles. The Morgan fingerprint density at radius 1 is 1.29 bits per heavy atom. The molecule has 1 aliphatic carbocycles. The summed E-state index contributed by atoms with van der Waals surface area (Å²) in [6.45, 7) is 11.8. The second-order valence-electron chi connectivity index (χ2n) is 7.03. The molecule has 0 N–H and O–H groups in total. The molecule has 100 valence electrons.